The summed E-state index contributed by atoms with van der Waals surface area (Å²) >= 11 is 0. The van der Waals surface area contributed by atoms with E-state index >= 15 is 0 Å². The van der Waals surface area contributed by atoms with Crippen molar-refractivity contribution in [2.24, 2.45) is 5.73 Å². The van der Waals surface area contributed by atoms with Crippen LogP contribution in [-0.2, 0) is 4.79 Å². The zero-order valence-electron chi connectivity index (χ0n) is 12.8. The molecular weight excluding hydrogens is 248 g/mol. The second kappa shape index (κ2) is 5.96. The van der Waals surface area contributed by atoms with Crippen LogP contribution >= 0.6 is 0 Å². The number of nitrogens with two attached hydrogens (primary N) is 1. The zero-order chi connectivity index (χ0) is 14.8. The second-order valence-electron chi connectivity index (χ2n) is 6.27. The summed E-state index contributed by atoms with van der Waals surface area (Å²) in [7, 11) is 0. The van der Waals surface area contributed by atoms with Gasteiger partial charge < -0.3 is 11.1 Å². The Morgan fingerprint density at radius 1 is 1.25 bits per heavy atom. The second-order valence-corrected chi connectivity index (χ2v) is 6.27. The third kappa shape index (κ3) is 3.21. The Morgan fingerprint density at radius 3 is 2.50 bits per heavy atom. The summed E-state index contributed by atoms with van der Waals surface area (Å²) in [6.45, 7) is 6.20. The van der Waals surface area contributed by atoms with Crippen LogP contribution in [0.3, 0.4) is 0 Å². The quantitative estimate of drug-likeness (QED) is 0.889. The van der Waals surface area contributed by atoms with Gasteiger partial charge in [-0.05, 0) is 44.7 Å². The molecule has 1 saturated carbocycles. The highest BCUT2D eigenvalue weighted by molar-refractivity contribution is 5.86. The highest BCUT2D eigenvalue weighted by Crippen LogP contribution is 2.27. The van der Waals surface area contributed by atoms with Crippen LogP contribution in [0.4, 0.5) is 0 Å². The minimum absolute atomic E-state index is 0.00433. The molecule has 1 atom stereocenters. The Bertz CT molecular complexity index is 490. The number of carbonyl (C=O) groups is 1. The first-order valence-electron chi connectivity index (χ1n) is 7.59. The highest BCUT2D eigenvalue weighted by atomic mass is 16.2. The summed E-state index contributed by atoms with van der Waals surface area (Å²) in [4.78, 5) is 12.4. The Morgan fingerprint density at radius 2 is 1.90 bits per heavy atom. The average molecular weight is 274 g/mol. The molecule has 1 aliphatic carbocycles. The Balaban J connectivity index is 2.07. The van der Waals surface area contributed by atoms with Gasteiger partial charge >= 0.3 is 0 Å². The molecule has 1 aromatic carbocycles. The number of amides is 1. The summed E-state index contributed by atoms with van der Waals surface area (Å²) in [5.41, 5.74) is 9.25. The number of carbonyl (C=O) groups excluding carboxylic acids is 1. The van der Waals surface area contributed by atoms with Crippen molar-refractivity contribution in [3.63, 3.8) is 0 Å². The van der Waals surface area contributed by atoms with Gasteiger partial charge in [-0.3, -0.25) is 4.79 Å². The van der Waals surface area contributed by atoms with E-state index in [1.165, 1.54) is 23.1 Å². The zero-order valence-corrected chi connectivity index (χ0v) is 12.8. The Kier molecular flexibility index (Phi) is 4.48. The van der Waals surface area contributed by atoms with Crippen LogP contribution in [0.25, 0.3) is 0 Å². The molecule has 1 unspecified atom stereocenters. The maximum absolute atomic E-state index is 12.4. The number of aryl methyl sites for hydroxylation is 2. The number of nitrogens with one attached hydrogen (secondary N) is 1. The highest BCUT2D eigenvalue weighted by Gasteiger charge is 2.35. The molecule has 110 valence electrons. The molecule has 1 aromatic rings. The van der Waals surface area contributed by atoms with Crippen molar-refractivity contribution in [2.45, 2.75) is 64.5 Å². The van der Waals surface area contributed by atoms with E-state index < -0.39 is 5.54 Å². The molecule has 0 aromatic heterocycles. The molecule has 0 bridgehead atoms. The maximum atomic E-state index is 12.4. The van der Waals surface area contributed by atoms with Crippen LogP contribution in [0, 0.1) is 13.8 Å². The molecule has 0 saturated heterocycles. The molecule has 2 rings (SSSR count). The van der Waals surface area contributed by atoms with Gasteiger partial charge in [-0.1, -0.05) is 43.0 Å². The third-order valence-corrected chi connectivity index (χ3v) is 4.44. The summed E-state index contributed by atoms with van der Waals surface area (Å²) in [5.74, 6) is 0.00433. The lowest BCUT2D eigenvalue weighted by atomic mass is 9.81. The van der Waals surface area contributed by atoms with Crippen LogP contribution in [0.5, 0.6) is 0 Å². The first kappa shape index (κ1) is 15.0. The van der Waals surface area contributed by atoms with E-state index in [9.17, 15) is 4.79 Å². The normalized spacial score (nSPS) is 19.4. The lowest BCUT2D eigenvalue weighted by Crippen LogP contribution is -2.55. The third-order valence-electron chi connectivity index (χ3n) is 4.44. The van der Waals surface area contributed by atoms with Gasteiger partial charge in [0.2, 0.25) is 5.91 Å². The summed E-state index contributed by atoms with van der Waals surface area (Å²) in [5, 5.41) is 3.10. The molecule has 20 heavy (non-hydrogen) atoms. The molecule has 1 aliphatic rings. The predicted molar refractivity (Wildman–Crippen MR) is 82.5 cm³/mol. The topological polar surface area (TPSA) is 55.1 Å². The monoisotopic (exact) mass is 274 g/mol. The van der Waals surface area contributed by atoms with Gasteiger partial charge in [0.15, 0.2) is 0 Å². The molecule has 0 heterocycles. The van der Waals surface area contributed by atoms with Gasteiger partial charge in [0.1, 0.15) is 0 Å². The number of hydrogen-bond donors (Lipinski definition) is 2. The molecular formula is C17H26N2O. The van der Waals surface area contributed by atoms with E-state index in [2.05, 4.69) is 37.4 Å². The van der Waals surface area contributed by atoms with Crippen molar-refractivity contribution in [2.75, 3.05) is 0 Å². The van der Waals surface area contributed by atoms with Gasteiger partial charge in [0.25, 0.3) is 0 Å². The number of hydrogen-bond acceptors (Lipinski definition) is 2. The van der Waals surface area contributed by atoms with Gasteiger partial charge in [0.05, 0.1) is 11.6 Å². The van der Waals surface area contributed by atoms with Crippen molar-refractivity contribution in [1.29, 1.82) is 0 Å². The minimum atomic E-state index is -0.662. The van der Waals surface area contributed by atoms with Gasteiger partial charge in [-0.2, -0.15) is 0 Å². The van der Waals surface area contributed by atoms with Crippen LogP contribution < -0.4 is 11.1 Å². The molecule has 3 N–H and O–H groups in total. The lowest BCUT2D eigenvalue weighted by molar-refractivity contribution is -0.128. The summed E-state index contributed by atoms with van der Waals surface area (Å²) < 4.78 is 0. The van der Waals surface area contributed by atoms with Gasteiger partial charge in [-0.15, -0.1) is 0 Å². The SMILES string of the molecule is Cc1ccc(C(C)NC(=O)C2(N)CCCCC2)c(C)c1. The van der Waals surface area contributed by atoms with Gasteiger partial charge in [0, 0.05) is 0 Å². The van der Waals surface area contributed by atoms with E-state index in [0.29, 0.717) is 0 Å². The smallest absolute Gasteiger partial charge is 0.240 e. The fraction of sp³-hybridized carbons (Fsp3) is 0.588. The molecule has 1 fully saturated rings. The molecule has 1 amide bonds. The van der Waals surface area contributed by atoms with Crippen molar-refractivity contribution < 1.29 is 4.79 Å². The number of rotatable bonds is 3. The van der Waals surface area contributed by atoms with Crippen LogP contribution in [0.1, 0.15) is 61.8 Å². The summed E-state index contributed by atoms with van der Waals surface area (Å²) in [6, 6.07) is 6.34. The average Bonchev–Trinajstić information content (AvgIpc) is 2.39. The van der Waals surface area contributed by atoms with Crippen molar-refractivity contribution in [3.05, 3.63) is 34.9 Å². The van der Waals surface area contributed by atoms with E-state index in [4.69, 9.17) is 5.73 Å². The predicted octanol–water partition coefficient (Wildman–Crippen LogP) is 3.14. The lowest BCUT2D eigenvalue weighted by Gasteiger charge is -2.33. The largest absolute Gasteiger partial charge is 0.348 e. The van der Waals surface area contributed by atoms with Crippen LogP contribution in [0.2, 0.25) is 0 Å². The van der Waals surface area contributed by atoms with Crippen LogP contribution in [-0.4, -0.2) is 11.4 Å². The van der Waals surface area contributed by atoms with E-state index in [-0.39, 0.29) is 11.9 Å². The van der Waals surface area contributed by atoms with Gasteiger partial charge in [-0.25, -0.2) is 0 Å². The molecule has 0 spiro atoms. The van der Waals surface area contributed by atoms with E-state index in [1.54, 1.807) is 0 Å². The molecule has 3 heteroatoms. The fourth-order valence-electron chi connectivity index (χ4n) is 3.14. The van der Waals surface area contributed by atoms with Crippen molar-refractivity contribution >= 4 is 5.91 Å². The summed E-state index contributed by atoms with van der Waals surface area (Å²) in [6.07, 6.45) is 4.92. The van der Waals surface area contributed by atoms with Crippen molar-refractivity contribution in [1.82, 2.24) is 5.32 Å². The first-order chi connectivity index (χ1) is 9.42. The Hall–Kier alpha value is -1.35. The maximum Gasteiger partial charge on any atom is 0.240 e. The van der Waals surface area contributed by atoms with Crippen molar-refractivity contribution in [3.8, 4) is 0 Å². The molecule has 3 nitrogen and oxygen atoms in total. The minimum Gasteiger partial charge on any atom is -0.348 e. The fourth-order valence-corrected chi connectivity index (χ4v) is 3.14. The standard InChI is InChI=1S/C17H26N2O/c1-12-7-8-15(13(2)11-12)14(3)19-16(20)17(18)9-5-4-6-10-17/h7-8,11,14H,4-6,9-10,18H2,1-3H3,(H,19,20). The van der Waals surface area contributed by atoms with E-state index in [0.717, 1.165) is 25.7 Å². The molecule has 0 aliphatic heterocycles. The number of benzene rings is 1. The molecule has 0 radical (unpaired) electrons. The van der Waals surface area contributed by atoms with E-state index in [1.807, 2.05) is 6.92 Å². The first-order valence-corrected chi connectivity index (χ1v) is 7.59. The van der Waals surface area contributed by atoms with Crippen LogP contribution in [0.15, 0.2) is 18.2 Å². The Labute approximate surface area is 121 Å².